The summed E-state index contributed by atoms with van der Waals surface area (Å²) in [4.78, 5) is 0. The molecule has 7 nitrogen and oxygen atoms in total. The summed E-state index contributed by atoms with van der Waals surface area (Å²) in [5, 5.41) is 10.1. The predicted molar refractivity (Wildman–Crippen MR) is 208 cm³/mol. The molecule has 0 radical (unpaired) electrons. The van der Waals surface area contributed by atoms with Crippen molar-refractivity contribution in [3.8, 4) is 11.5 Å². The molecule has 8 aliphatic carbocycles. The summed E-state index contributed by atoms with van der Waals surface area (Å²) in [5.74, 6) is 7.77. The topological polar surface area (TPSA) is 75.6 Å². The summed E-state index contributed by atoms with van der Waals surface area (Å²) >= 11 is 3.52. The third-order valence-electron chi connectivity index (χ3n) is 12.8. The monoisotopic (exact) mass is 778 g/mol. The number of aliphatic hydroxyl groups excluding tert-OH is 1. The standard InChI is InChI=1S/C22H29BrO3.C22H30O4/c2*1-3-25-19-6-4-5-16(11-19)21(24-2)20-17-9-15-10-18(20)14-22(12-15,13-17)26-8-7-23/h4-6,11,15,17-18H,3,7-10,12-14H2,1-2H3;4-6,11,15,17-18,23H,3,7-10,12-14H2,1-2H3. The second-order valence-corrected chi connectivity index (χ2v) is 16.9. The quantitative estimate of drug-likeness (QED) is 0.151. The summed E-state index contributed by atoms with van der Waals surface area (Å²) in [7, 11) is 3.61. The highest BCUT2D eigenvalue weighted by molar-refractivity contribution is 9.09. The van der Waals surface area contributed by atoms with Crippen molar-refractivity contribution in [3.05, 3.63) is 70.8 Å². The van der Waals surface area contributed by atoms with Crippen molar-refractivity contribution in [3.63, 3.8) is 0 Å². The predicted octanol–water partition coefficient (Wildman–Crippen LogP) is 9.46. The molecule has 1 N–H and O–H groups in total. The molecule has 284 valence electrons. The first-order valence-electron chi connectivity index (χ1n) is 19.8. The first-order valence-corrected chi connectivity index (χ1v) is 20.9. The van der Waals surface area contributed by atoms with Crippen LogP contribution in [0.4, 0.5) is 0 Å². The van der Waals surface area contributed by atoms with Gasteiger partial charge >= 0.3 is 0 Å². The molecule has 0 amide bonds. The lowest BCUT2D eigenvalue weighted by Gasteiger charge is -2.57. The van der Waals surface area contributed by atoms with Gasteiger partial charge in [-0.05, 0) is 149 Å². The van der Waals surface area contributed by atoms with Crippen LogP contribution in [0.15, 0.2) is 59.7 Å². The van der Waals surface area contributed by atoms with E-state index in [4.69, 9.17) is 28.4 Å². The highest BCUT2D eigenvalue weighted by atomic mass is 79.9. The zero-order valence-electron chi connectivity index (χ0n) is 31.7. The number of alkyl halides is 1. The number of methoxy groups -OCH3 is 2. The smallest absolute Gasteiger partial charge is 0.125 e. The van der Waals surface area contributed by atoms with Crippen molar-refractivity contribution in [2.45, 2.75) is 89.3 Å². The van der Waals surface area contributed by atoms with Gasteiger partial charge in [-0.15, -0.1) is 0 Å². The van der Waals surface area contributed by atoms with Crippen LogP contribution in [-0.4, -0.2) is 68.9 Å². The fourth-order valence-corrected chi connectivity index (χ4v) is 11.8. The number of ether oxygens (including phenoxy) is 6. The van der Waals surface area contributed by atoms with Gasteiger partial charge in [-0.2, -0.15) is 0 Å². The van der Waals surface area contributed by atoms with E-state index >= 15 is 0 Å². The summed E-state index contributed by atoms with van der Waals surface area (Å²) < 4.78 is 35.9. The molecule has 8 heteroatoms. The molecule has 10 rings (SSSR count). The lowest BCUT2D eigenvalue weighted by molar-refractivity contribution is -0.149. The van der Waals surface area contributed by atoms with Gasteiger partial charge in [0.05, 0.1) is 58.5 Å². The summed E-state index contributed by atoms with van der Waals surface area (Å²) in [5.41, 5.74) is 5.38. The van der Waals surface area contributed by atoms with Gasteiger partial charge in [-0.25, -0.2) is 0 Å². The fraction of sp³-hybridized carbons (Fsp3) is 0.636. The lowest BCUT2D eigenvalue weighted by Crippen LogP contribution is -2.53. The van der Waals surface area contributed by atoms with E-state index in [-0.39, 0.29) is 17.8 Å². The van der Waals surface area contributed by atoms with Crippen LogP contribution in [0.3, 0.4) is 0 Å². The molecular weight excluding hydrogens is 720 g/mol. The molecule has 0 aliphatic heterocycles. The van der Waals surface area contributed by atoms with Crippen molar-refractivity contribution in [2.75, 3.05) is 52.6 Å². The van der Waals surface area contributed by atoms with Crippen LogP contribution in [-0.2, 0) is 18.9 Å². The molecule has 0 saturated heterocycles. The van der Waals surface area contributed by atoms with E-state index in [1.165, 1.54) is 43.3 Å². The Morgan fingerprint density at radius 2 is 1.08 bits per heavy atom. The Morgan fingerprint density at radius 3 is 1.44 bits per heavy atom. The third-order valence-corrected chi connectivity index (χ3v) is 13.1. The van der Waals surface area contributed by atoms with Crippen LogP contribution >= 0.6 is 15.9 Å². The minimum Gasteiger partial charge on any atom is -0.496 e. The summed E-state index contributed by atoms with van der Waals surface area (Å²) in [6.07, 6.45) is 11.9. The largest absolute Gasteiger partial charge is 0.496 e. The van der Waals surface area contributed by atoms with Crippen LogP contribution in [0.5, 0.6) is 11.5 Å². The van der Waals surface area contributed by atoms with E-state index in [0.717, 1.165) is 90.0 Å². The Hall–Kier alpha value is -2.52. The molecule has 8 saturated carbocycles. The molecule has 0 heterocycles. The normalized spacial score (nSPS) is 32.0. The van der Waals surface area contributed by atoms with E-state index in [1.807, 2.05) is 39.2 Å². The Morgan fingerprint density at radius 1 is 0.654 bits per heavy atom. The molecule has 8 fully saturated rings. The van der Waals surface area contributed by atoms with Crippen LogP contribution in [0.1, 0.15) is 89.2 Å². The second-order valence-electron chi connectivity index (χ2n) is 16.1. The van der Waals surface area contributed by atoms with Crippen molar-refractivity contribution >= 4 is 27.4 Å². The molecule has 52 heavy (non-hydrogen) atoms. The number of halogens is 1. The third kappa shape index (κ3) is 7.69. The van der Waals surface area contributed by atoms with Gasteiger partial charge in [0.2, 0.25) is 0 Å². The fourth-order valence-electron chi connectivity index (χ4n) is 11.6. The summed E-state index contributed by atoms with van der Waals surface area (Å²) in [6.45, 7) is 6.76. The molecular formula is C44H59BrO7. The molecule has 4 atom stereocenters. The van der Waals surface area contributed by atoms with Gasteiger partial charge in [-0.3, -0.25) is 0 Å². The maximum absolute atomic E-state index is 9.20. The van der Waals surface area contributed by atoms with Gasteiger partial charge < -0.3 is 33.5 Å². The molecule has 8 bridgehead atoms. The average Bonchev–Trinajstić information content (AvgIpc) is 3.13. The maximum Gasteiger partial charge on any atom is 0.125 e. The van der Waals surface area contributed by atoms with Crippen molar-refractivity contribution in [1.29, 1.82) is 0 Å². The van der Waals surface area contributed by atoms with Gasteiger partial charge in [-0.1, -0.05) is 40.2 Å². The number of hydrogen-bond acceptors (Lipinski definition) is 7. The Bertz CT molecular complexity index is 1450. The van der Waals surface area contributed by atoms with Gasteiger partial charge in [0, 0.05) is 16.5 Å². The van der Waals surface area contributed by atoms with Crippen LogP contribution in [0.2, 0.25) is 0 Å². The van der Waals surface area contributed by atoms with Crippen LogP contribution in [0.25, 0.3) is 11.5 Å². The van der Waals surface area contributed by atoms with E-state index in [0.29, 0.717) is 43.5 Å². The number of aliphatic hydroxyl groups is 1. The summed E-state index contributed by atoms with van der Waals surface area (Å²) in [6, 6.07) is 16.6. The molecule has 0 spiro atoms. The SMILES string of the molecule is CCOc1cccc(C(OC)=C2C3CC4CC2CC(OCCBr)(C4)C3)c1.CCOc1cccc(C(OC)=C2C3CC4CC2CC(OCCO)(C4)C3)c1. The van der Waals surface area contributed by atoms with Crippen LogP contribution in [0, 0.1) is 35.5 Å². The molecule has 8 aliphatic rings. The Balaban J connectivity index is 0.000000162. The molecule has 4 unspecified atom stereocenters. The van der Waals surface area contributed by atoms with E-state index in [1.54, 1.807) is 7.11 Å². The first kappa shape index (κ1) is 37.8. The van der Waals surface area contributed by atoms with E-state index < -0.39 is 0 Å². The average molecular weight is 780 g/mol. The zero-order chi connectivity index (χ0) is 36.3. The van der Waals surface area contributed by atoms with Gasteiger partial charge in [0.15, 0.2) is 0 Å². The minimum atomic E-state index is -0.0191. The maximum atomic E-state index is 9.20. The van der Waals surface area contributed by atoms with Gasteiger partial charge in [0.25, 0.3) is 0 Å². The Kier molecular flexibility index (Phi) is 12.0. The number of rotatable bonds is 14. The highest BCUT2D eigenvalue weighted by Crippen LogP contribution is 2.62. The van der Waals surface area contributed by atoms with Crippen LogP contribution < -0.4 is 9.47 Å². The van der Waals surface area contributed by atoms with E-state index in [2.05, 4.69) is 46.3 Å². The molecule has 2 aromatic carbocycles. The first-order chi connectivity index (χ1) is 25.4. The lowest BCUT2D eigenvalue weighted by atomic mass is 9.52. The number of allylic oxidation sites excluding steroid dienone is 2. The highest BCUT2D eigenvalue weighted by Gasteiger charge is 2.56. The van der Waals surface area contributed by atoms with Crippen molar-refractivity contribution in [2.24, 2.45) is 35.5 Å². The number of hydrogen-bond donors (Lipinski definition) is 1. The minimum absolute atomic E-state index is 0.0191. The molecule has 2 aromatic rings. The van der Waals surface area contributed by atoms with Crippen molar-refractivity contribution < 1.29 is 33.5 Å². The number of benzene rings is 2. The van der Waals surface area contributed by atoms with E-state index in [9.17, 15) is 5.11 Å². The Labute approximate surface area is 319 Å². The van der Waals surface area contributed by atoms with Gasteiger partial charge in [0.1, 0.15) is 23.0 Å². The van der Waals surface area contributed by atoms with Crippen molar-refractivity contribution in [1.82, 2.24) is 0 Å². The second kappa shape index (κ2) is 16.5. The molecule has 0 aromatic heterocycles. The zero-order valence-corrected chi connectivity index (χ0v) is 33.3.